The average molecular weight is 416 g/mol. The van der Waals surface area contributed by atoms with Crippen LogP contribution in [0.4, 0.5) is 5.69 Å². The molecule has 0 bridgehead atoms. The summed E-state index contributed by atoms with van der Waals surface area (Å²) in [7, 11) is -8.10. The van der Waals surface area contributed by atoms with E-state index in [1.165, 1.54) is 6.07 Å². The van der Waals surface area contributed by atoms with E-state index < -0.39 is 20.0 Å². The Hall–Kier alpha value is -0.500. The van der Waals surface area contributed by atoms with Gasteiger partial charge in [-0.15, -0.1) is 23.2 Å². The van der Waals surface area contributed by atoms with Crippen LogP contribution < -0.4 is 3.71 Å². The normalized spacial score (nSPS) is 12.5. The van der Waals surface area contributed by atoms with Gasteiger partial charge >= 0.3 is 0 Å². The molecule has 1 aromatic carbocycles. The molecule has 24 heavy (non-hydrogen) atoms. The monoisotopic (exact) mass is 415 g/mol. The van der Waals surface area contributed by atoms with Gasteiger partial charge in [-0.25, -0.2) is 16.8 Å². The number of hydrogen-bond donors (Lipinski definition) is 0. The molecule has 0 spiro atoms. The highest BCUT2D eigenvalue weighted by atomic mass is 35.5. The molecule has 0 aliphatic carbocycles. The zero-order valence-corrected chi connectivity index (χ0v) is 16.9. The first-order chi connectivity index (χ1) is 11.2. The van der Waals surface area contributed by atoms with Crippen LogP contribution in [0.25, 0.3) is 0 Å². The lowest BCUT2D eigenvalue weighted by Gasteiger charge is -2.24. The van der Waals surface area contributed by atoms with E-state index >= 15 is 0 Å². The highest BCUT2D eigenvalue weighted by molar-refractivity contribution is 8.10. The van der Waals surface area contributed by atoms with E-state index in [0.717, 1.165) is 5.56 Å². The van der Waals surface area contributed by atoms with Crippen molar-refractivity contribution in [3.63, 3.8) is 0 Å². The van der Waals surface area contributed by atoms with Crippen molar-refractivity contribution in [2.75, 3.05) is 27.0 Å². The minimum Gasteiger partial charge on any atom is -0.205 e. The van der Waals surface area contributed by atoms with Crippen LogP contribution >= 0.6 is 23.2 Å². The Morgan fingerprint density at radius 3 is 1.88 bits per heavy atom. The lowest BCUT2D eigenvalue weighted by atomic mass is 10.0. The molecule has 0 saturated carbocycles. The van der Waals surface area contributed by atoms with Gasteiger partial charge < -0.3 is 0 Å². The Balaban J connectivity index is 3.41. The molecule has 0 atom stereocenters. The van der Waals surface area contributed by atoms with Gasteiger partial charge in [-0.3, -0.25) is 0 Å². The third-order valence-electron chi connectivity index (χ3n) is 3.32. The molecule has 0 amide bonds. The number of alkyl halides is 2. The number of hydrogen-bond acceptors (Lipinski definition) is 4. The maximum atomic E-state index is 12.6. The second-order valence-electron chi connectivity index (χ2n) is 5.66. The Kier molecular flexibility index (Phi) is 8.32. The summed E-state index contributed by atoms with van der Waals surface area (Å²) in [6.45, 7) is 3.90. The lowest BCUT2D eigenvalue weighted by molar-refractivity contribution is 0.583. The standard InChI is InChI=1S/C15H23Cl2NO4S2/c1-13(2)14-6-3-7-15(12-14)18(23(19,20)10-4-8-16)24(21,22)11-5-9-17/h3,6-7,12-13H,4-5,8-11H2,1-2H3. The molecule has 0 fully saturated rings. The summed E-state index contributed by atoms with van der Waals surface area (Å²) >= 11 is 11.1. The van der Waals surface area contributed by atoms with Crippen LogP contribution in [-0.2, 0) is 20.0 Å². The fraction of sp³-hybridized carbons (Fsp3) is 0.600. The number of rotatable bonds is 10. The fourth-order valence-corrected chi connectivity index (χ4v) is 6.77. The van der Waals surface area contributed by atoms with Crippen LogP contribution in [0.15, 0.2) is 24.3 Å². The molecule has 9 heteroatoms. The molecular weight excluding hydrogens is 393 g/mol. The number of sulfonamides is 2. The van der Waals surface area contributed by atoms with Gasteiger partial charge in [0, 0.05) is 11.8 Å². The van der Waals surface area contributed by atoms with Crippen molar-refractivity contribution in [1.82, 2.24) is 0 Å². The molecule has 0 radical (unpaired) electrons. The predicted octanol–water partition coefficient (Wildman–Crippen LogP) is 3.53. The van der Waals surface area contributed by atoms with E-state index in [9.17, 15) is 16.8 Å². The van der Waals surface area contributed by atoms with Crippen molar-refractivity contribution in [3.05, 3.63) is 29.8 Å². The van der Waals surface area contributed by atoms with Gasteiger partial charge in [-0.05, 0) is 36.5 Å². The third-order valence-corrected chi connectivity index (χ3v) is 8.26. The summed E-state index contributed by atoms with van der Waals surface area (Å²) in [6.07, 6.45) is 0.352. The molecule has 0 N–H and O–H groups in total. The molecular formula is C15H23Cl2NO4S2. The van der Waals surface area contributed by atoms with E-state index in [2.05, 4.69) is 0 Å². The zero-order valence-electron chi connectivity index (χ0n) is 13.8. The van der Waals surface area contributed by atoms with Crippen molar-refractivity contribution in [2.45, 2.75) is 32.6 Å². The van der Waals surface area contributed by atoms with Gasteiger partial charge in [0.05, 0.1) is 17.2 Å². The maximum absolute atomic E-state index is 12.6. The van der Waals surface area contributed by atoms with Crippen LogP contribution in [-0.4, -0.2) is 40.1 Å². The topological polar surface area (TPSA) is 71.5 Å². The molecule has 0 saturated heterocycles. The molecule has 0 heterocycles. The summed E-state index contributed by atoms with van der Waals surface area (Å²) < 4.78 is 51.1. The first kappa shape index (κ1) is 21.5. The summed E-state index contributed by atoms with van der Waals surface area (Å²) in [5.74, 6) is -0.241. The van der Waals surface area contributed by atoms with Crippen molar-refractivity contribution < 1.29 is 16.8 Å². The van der Waals surface area contributed by atoms with E-state index in [1.807, 2.05) is 19.9 Å². The van der Waals surface area contributed by atoms with Gasteiger partial charge in [0.25, 0.3) is 0 Å². The van der Waals surface area contributed by atoms with E-state index in [0.29, 0.717) is 3.71 Å². The van der Waals surface area contributed by atoms with E-state index in [1.54, 1.807) is 12.1 Å². The van der Waals surface area contributed by atoms with E-state index in [4.69, 9.17) is 23.2 Å². The zero-order chi connectivity index (χ0) is 18.4. The number of anilines is 1. The molecule has 0 aliphatic heterocycles. The van der Waals surface area contributed by atoms with Crippen LogP contribution in [0.5, 0.6) is 0 Å². The van der Waals surface area contributed by atoms with Gasteiger partial charge in [0.1, 0.15) is 0 Å². The Labute approximate surface area is 155 Å². The second kappa shape index (κ2) is 9.27. The van der Waals surface area contributed by atoms with Crippen LogP contribution in [0.3, 0.4) is 0 Å². The molecule has 1 aromatic rings. The van der Waals surface area contributed by atoms with Crippen molar-refractivity contribution in [3.8, 4) is 0 Å². The number of nitrogens with zero attached hydrogens (tertiary/aromatic N) is 1. The predicted molar refractivity (Wildman–Crippen MR) is 101 cm³/mol. The SMILES string of the molecule is CC(C)c1cccc(N(S(=O)(=O)CCCCl)S(=O)(=O)CCCCl)c1. The molecule has 138 valence electrons. The molecule has 1 rings (SSSR count). The lowest BCUT2D eigenvalue weighted by Crippen LogP contribution is -2.40. The Morgan fingerprint density at radius 2 is 1.46 bits per heavy atom. The fourth-order valence-electron chi connectivity index (χ4n) is 2.13. The van der Waals surface area contributed by atoms with Crippen molar-refractivity contribution in [1.29, 1.82) is 0 Å². The highest BCUT2D eigenvalue weighted by Crippen LogP contribution is 2.27. The molecule has 0 unspecified atom stereocenters. The summed E-state index contributed by atoms with van der Waals surface area (Å²) in [6, 6.07) is 6.58. The Morgan fingerprint density at radius 1 is 0.958 bits per heavy atom. The smallest absolute Gasteiger partial charge is 0.205 e. The third kappa shape index (κ3) is 5.79. The van der Waals surface area contributed by atoms with E-state index in [-0.39, 0.29) is 47.7 Å². The van der Waals surface area contributed by atoms with Gasteiger partial charge in [0.15, 0.2) is 0 Å². The van der Waals surface area contributed by atoms with Gasteiger partial charge in [-0.1, -0.05) is 26.0 Å². The quantitative estimate of drug-likeness (QED) is 0.547. The minimum atomic E-state index is -4.05. The summed E-state index contributed by atoms with van der Waals surface area (Å²) in [5.41, 5.74) is 0.989. The summed E-state index contributed by atoms with van der Waals surface area (Å²) in [4.78, 5) is 0. The van der Waals surface area contributed by atoms with Crippen molar-refractivity contribution in [2.24, 2.45) is 0 Å². The average Bonchev–Trinajstić information content (AvgIpc) is 2.51. The second-order valence-corrected chi connectivity index (χ2v) is 10.5. The first-order valence-corrected chi connectivity index (χ1v) is 11.9. The molecule has 5 nitrogen and oxygen atoms in total. The number of benzene rings is 1. The van der Waals surface area contributed by atoms with Crippen LogP contribution in [0.2, 0.25) is 0 Å². The largest absolute Gasteiger partial charge is 0.248 e. The molecule has 0 aromatic heterocycles. The Bertz CT molecular complexity index is 696. The highest BCUT2D eigenvalue weighted by Gasteiger charge is 2.33. The minimum absolute atomic E-state index is 0.130. The van der Waals surface area contributed by atoms with Crippen LogP contribution in [0, 0.1) is 0 Å². The maximum Gasteiger partial charge on any atom is 0.248 e. The molecule has 0 aliphatic rings. The van der Waals surface area contributed by atoms with Gasteiger partial charge in [0.2, 0.25) is 20.0 Å². The summed E-state index contributed by atoms with van der Waals surface area (Å²) in [5, 5.41) is 0. The first-order valence-electron chi connectivity index (χ1n) is 7.63. The van der Waals surface area contributed by atoms with Crippen LogP contribution in [0.1, 0.15) is 38.2 Å². The van der Waals surface area contributed by atoms with Crippen molar-refractivity contribution >= 4 is 48.9 Å². The van der Waals surface area contributed by atoms with Gasteiger partial charge in [-0.2, -0.15) is 3.71 Å². The number of halogens is 2.